The Hall–Kier alpha value is -0.0400. The van der Waals surface area contributed by atoms with Crippen molar-refractivity contribution in [1.82, 2.24) is 0 Å². The molecule has 0 aromatic heterocycles. The van der Waals surface area contributed by atoms with E-state index in [-0.39, 0.29) is 5.24 Å². The highest BCUT2D eigenvalue weighted by atomic mass is 35.5. The molecule has 0 saturated heterocycles. The molecule has 3 atom stereocenters. The Balaban J connectivity index is 2.58. The topological polar surface area (TPSA) is 17.1 Å². The van der Waals surface area contributed by atoms with Crippen LogP contribution in [0, 0.1) is 23.7 Å². The van der Waals surface area contributed by atoms with Gasteiger partial charge in [-0.1, -0.05) is 27.2 Å². The molecule has 1 aliphatic carbocycles. The highest BCUT2D eigenvalue weighted by Gasteiger charge is 2.31. The van der Waals surface area contributed by atoms with E-state index in [0.29, 0.717) is 24.2 Å². The first kappa shape index (κ1) is 12.0. The second-order valence-electron chi connectivity index (χ2n) is 5.15. The van der Waals surface area contributed by atoms with Crippen LogP contribution in [0.25, 0.3) is 0 Å². The molecule has 0 radical (unpaired) electrons. The summed E-state index contributed by atoms with van der Waals surface area (Å²) in [6.07, 6.45) is 4.35. The van der Waals surface area contributed by atoms with Crippen molar-refractivity contribution in [1.29, 1.82) is 0 Å². The molecule has 2 heteroatoms. The Labute approximate surface area is 92.2 Å². The lowest BCUT2D eigenvalue weighted by Crippen LogP contribution is -2.28. The van der Waals surface area contributed by atoms with E-state index in [1.54, 1.807) is 0 Å². The molecule has 1 saturated carbocycles. The summed E-state index contributed by atoms with van der Waals surface area (Å²) < 4.78 is 0. The molecule has 0 aromatic rings. The van der Waals surface area contributed by atoms with Crippen LogP contribution in [-0.4, -0.2) is 5.24 Å². The van der Waals surface area contributed by atoms with Gasteiger partial charge in [0, 0.05) is 6.42 Å². The van der Waals surface area contributed by atoms with Gasteiger partial charge in [-0.3, -0.25) is 4.79 Å². The molecule has 0 bridgehead atoms. The normalized spacial score (nSPS) is 33.4. The second-order valence-corrected chi connectivity index (χ2v) is 5.57. The molecule has 0 spiro atoms. The molecular formula is C12H21ClO. The summed E-state index contributed by atoms with van der Waals surface area (Å²) in [7, 11) is 0. The van der Waals surface area contributed by atoms with Gasteiger partial charge in [-0.25, -0.2) is 0 Å². The predicted octanol–water partition coefficient (Wildman–Crippen LogP) is 3.85. The minimum absolute atomic E-state index is 0.158. The van der Waals surface area contributed by atoms with Gasteiger partial charge < -0.3 is 0 Å². The highest BCUT2D eigenvalue weighted by molar-refractivity contribution is 6.63. The Bertz CT molecular complexity index is 200. The zero-order valence-corrected chi connectivity index (χ0v) is 10.2. The van der Waals surface area contributed by atoms with E-state index in [2.05, 4.69) is 20.8 Å². The lowest BCUT2D eigenvalue weighted by atomic mass is 9.69. The molecule has 1 nitrogen and oxygen atoms in total. The molecule has 1 rings (SSSR count). The molecule has 0 aliphatic heterocycles. The van der Waals surface area contributed by atoms with Crippen LogP contribution in [0.4, 0.5) is 0 Å². The van der Waals surface area contributed by atoms with Gasteiger partial charge >= 0.3 is 0 Å². The molecule has 14 heavy (non-hydrogen) atoms. The molecule has 1 aliphatic rings. The summed E-state index contributed by atoms with van der Waals surface area (Å²) in [4.78, 5) is 11.0. The number of carbonyl (C=O) groups is 1. The maximum absolute atomic E-state index is 11.0. The van der Waals surface area contributed by atoms with Crippen molar-refractivity contribution in [3.63, 3.8) is 0 Å². The minimum Gasteiger partial charge on any atom is -0.281 e. The van der Waals surface area contributed by atoms with Gasteiger partial charge in [-0.2, -0.15) is 0 Å². The first-order chi connectivity index (χ1) is 6.50. The van der Waals surface area contributed by atoms with Gasteiger partial charge in [0.25, 0.3) is 0 Å². The zero-order valence-electron chi connectivity index (χ0n) is 9.42. The van der Waals surface area contributed by atoms with Crippen LogP contribution in [0.3, 0.4) is 0 Å². The summed E-state index contributed by atoms with van der Waals surface area (Å²) in [5, 5.41) is -0.158. The van der Waals surface area contributed by atoms with E-state index >= 15 is 0 Å². The van der Waals surface area contributed by atoms with E-state index in [9.17, 15) is 4.79 Å². The van der Waals surface area contributed by atoms with Crippen LogP contribution < -0.4 is 0 Å². The van der Waals surface area contributed by atoms with Gasteiger partial charge in [0.15, 0.2) is 0 Å². The lowest BCUT2D eigenvalue weighted by molar-refractivity contribution is -0.113. The summed E-state index contributed by atoms with van der Waals surface area (Å²) in [6, 6.07) is 0. The van der Waals surface area contributed by atoms with E-state index in [1.807, 2.05) is 0 Å². The van der Waals surface area contributed by atoms with Gasteiger partial charge in [-0.05, 0) is 48.1 Å². The van der Waals surface area contributed by atoms with Crippen LogP contribution in [-0.2, 0) is 4.79 Å². The Kier molecular flexibility index (Phi) is 4.43. The van der Waals surface area contributed by atoms with Gasteiger partial charge in [-0.15, -0.1) is 0 Å². The van der Waals surface area contributed by atoms with E-state index in [0.717, 1.165) is 5.92 Å². The largest absolute Gasteiger partial charge is 0.281 e. The van der Waals surface area contributed by atoms with Crippen molar-refractivity contribution < 1.29 is 4.79 Å². The Morgan fingerprint density at radius 3 is 2.57 bits per heavy atom. The molecule has 0 amide bonds. The molecule has 0 heterocycles. The van der Waals surface area contributed by atoms with Crippen molar-refractivity contribution in [3.8, 4) is 0 Å². The number of hydrogen-bond acceptors (Lipinski definition) is 1. The zero-order chi connectivity index (χ0) is 10.7. The quantitative estimate of drug-likeness (QED) is 0.655. The monoisotopic (exact) mass is 216 g/mol. The lowest BCUT2D eigenvalue weighted by Gasteiger charge is -2.36. The fourth-order valence-electron chi connectivity index (χ4n) is 2.84. The van der Waals surface area contributed by atoms with Gasteiger partial charge in [0.1, 0.15) is 0 Å². The average Bonchev–Trinajstić information content (AvgIpc) is 2.01. The molecule has 0 unspecified atom stereocenters. The van der Waals surface area contributed by atoms with Gasteiger partial charge in [0.05, 0.1) is 0 Å². The van der Waals surface area contributed by atoms with Crippen molar-refractivity contribution in [3.05, 3.63) is 0 Å². The molecule has 82 valence electrons. The molecule has 1 fully saturated rings. The highest BCUT2D eigenvalue weighted by Crippen LogP contribution is 2.39. The van der Waals surface area contributed by atoms with E-state index in [1.165, 1.54) is 19.3 Å². The predicted molar refractivity (Wildman–Crippen MR) is 60.3 cm³/mol. The van der Waals surface area contributed by atoms with Crippen molar-refractivity contribution in [2.75, 3.05) is 0 Å². The maximum atomic E-state index is 11.0. The fourth-order valence-corrected chi connectivity index (χ4v) is 3.04. The summed E-state index contributed by atoms with van der Waals surface area (Å²) in [5.41, 5.74) is 0. The molecule has 0 aromatic carbocycles. The number of carbonyl (C=O) groups excluding carboxylic acids is 1. The summed E-state index contributed by atoms with van der Waals surface area (Å²) in [6.45, 7) is 6.79. The van der Waals surface area contributed by atoms with E-state index < -0.39 is 0 Å². The van der Waals surface area contributed by atoms with Crippen LogP contribution in [0.2, 0.25) is 0 Å². The first-order valence-electron chi connectivity index (χ1n) is 5.69. The van der Waals surface area contributed by atoms with Gasteiger partial charge in [0.2, 0.25) is 5.24 Å². The average molecular weight is 217 g/mol. The SMILES string of the molecule is CC(C)[C@@H]1CC[C@@H](C)C[C@H]1CC(=O)Cl. The maximum Gasteiger partial charge on any atom is 0.221 e. The van der Waals surface area contributed by atoms with Crippen molar-refractivity contribution in [2.24, 2.45) is 23.7 Å². The van der Waals surface area contributed by atoms with Crippen molar-refractivity contribution in [2.45, 2.75) is 46.5 Å². The number of halogens is 1. The van der Waals surface area contributed by atoms with Crippen LogP contribution in [0.1, 0.15) is 46.5 Å². The second kappa shape index (κ2) is 5.16. The van der Waals surface area contributed by atoms with Crippen molar-refractivity contribution >= 4 is 16.8 Å². The van der Waals surface area contributed by atoms with Crippen LogP contribution >= 0.6 is 11.6 Å². The standard InChI is InChI=1S/C12H21ClO/c1-8(2)11-5-4-9(3)6-10(11)7-12(13)14/h8-11H,4-7H2,1-3H3/t9-,10+,11+/m1/s1. The Morgan fingerprint density at radius 2 is 2.07 bits per heavy atom. The smallest absolute Gasteiger partial charge is 0.221 e. The van der Waals surface area contributed by atoms with E-state index in [4.69, 9.17) is 11.6 Å². The number of rotatable bonds is 3. The molecular weight excluding hydrogens is 196 g/mol. The van der Waals surface area contributed by atoms with Crippen LogP contribution in [0.5, 0.6) is 0 Å². The van der Waals surface area contributed by atoms with Crippen LogP contribution in [0.15, 0.2) is 0 Å². The minimum atomic E-state index is -0.158. The molecule has 0 N–H and O–H groups in total. The third-order valence-electron chi connectivity index (χ3n) is 3.58. The third kappa shape index (κ3) is 3.27. The fraction of sp³-hybridized carbons (Fsp3) is 0.917. The first-order valence-corrected chi connectivity index (χ1v) is 6.06. The Morgan fingerprint density at radius 1 is 1.43 bits per heavy atom. The third-order valence-corrected chi connectivity index (χ3v) is 3.74. The summed E-state index contributed by atoms with van der Waals surface area (Å²) >= 11 is 5.49. The summed E-state index contributed by atoms with van der Waals surface area (Å²) in [5.74, 6) is 2.69. The number of hydrogen-bond donors (Lipinski definition) is 0.